The van der Waals surface area contributed by atoms with Crippen molar-refractivity contribution >= 4 is 11.8 Å². The van der Waals surface area contributed by atoms with Gasteiger partial charge in [-0.2, -0.15) is 0 Å². The van der Waals surface area contributed by atoms with Crippen molar-refractivity contribution in [2.45, 2.75) is 106 Å². The summed E-state index contributed by atoms with van der Waals surface area (Å²) in [5, 5.41) is 10.5. The number of rotatable bonds is 2. The summed E-state index contributed by atoms with van der Waals surface area (Å²) in [7, 11) is 0. The van der Waals surface area contributed by atoms with Gasteiger partial charge in [0.05, 0.1) is 5.41 Å². The van der Waals surface area contributed by atoms with Gasteiger partial charge in [-0.05, 0) is 111 Å². The SMILES string of the molecule is C=C(C)[C@H]1CC[C@]2(C(=O)O)CC[C@]3(C)[C@@H](CC[C@@H]4[C@@]5(C)CCC(=O)C(C)(C)[C@@H]5CC[C@]43C)[C@H]12. The van der Waals surface area contributed by atoms with E-state index < -0.39 is 11.4 Å². The highest BCUT2D eigenvalue weighted by Crippen LogP contribution is 2.77. The molecule has 0 radical (unpaired) electrons. The van der Waals surface area contributed by atoms with Crippen LogP contribution in [0, 0.1) is 56.7 Å². The van der Waals surface area contributed by atoms with Crippen molar-refractivity contribution in [3.05, 3.63) is 12.2 Å². The second kappa shape index (κ2) is 6.97. The van der Waals surface area contributed by atoms with Crippen LogP contribution >= 0.6 is 0 Å². The van der Waals surface area contributed by atoms with Gasteiger partial charge in [0.2, 0.25) is 0 Å². The molecule has 3 heteroatoms. The molecule has 0 unspecified atom stereocenters. The molecule has 5 fully saturated rings. The van der Waals surface area contributed by atoms with Crippen molar-refractivity contribution < 1.29 is 14.7 Å². The summed E-state index contributed by atoms with van der Waals surface area (Å²) in [6.07, 6.45) is 10.1. The fourth-order valence-corrected chi connectivity index (χ4v) is 11.3. The Morgan fingerprint density at radius 2 is 1.58 bits per heavy atom. The Bertz CT molecular complexity index is 902. The van der Waals surface area contributed by atoms with E-state index in [0.717, 1.165) is 51.4 Å². The van der Waals surface area contributed by atoms with Gasteiger partial charge in [0, 0.05) is 11.8 Å². The Labute approximate surface area is 201 Å². The third-order valence-corrected chi connectivity index (χ3v) is 13.2. The van der Waals surface area contributed by atoms with E-state index in [9.17, 15) is 14.7 Å². The van der Waals surface area contributed by atoms with E-state index >= 15 is 0 Å². The Balaban J connectivity index is 1.57. The van der Waals surface area contributed by atoms with Gasteiger partial charge in [-0.3, -0.25) is 9.59 Å². The molecular formula is C30H46O3. The summed E-state index contributed by atoms with van der Waals surface area (Å²) < 4.78 is 0. The standard InChI is InChI=1S/C30H46O3/c1-18(2)19-10-15-30(25(32)33)17-16-28(6)20(24(19)30)8-9-22-27(5)13-12-23(31)26(3,4)21(27)11-14-29(22,28)7/h19-22,24H,1,8-17H2,2-7H3,(H,32,33)/t19-,20+,21+,22-,24+,27+,28-,29-,30+/m1/s1. The van der Waals surface area contributed by atoms with Gasteiger partial charge in [0.15, 0.2) is 0 Å². The largest absolute Gasteiger partial charge is 0.481 e. The van der Waals surface area contributed by atoms with Crippen molar-refractivity contribution in [2.24, 2.45) is 56.7 Å². The second-order valence-electron chi connectivity index (χ2n) is 14.3. The topological polar surface area (TPSA) is 54.4 Å². The van der Waals surface area contributed by atoms with Gasteiger partial charge in [-0.1, -0.05) is 46.8 Å². The number of hydrogen-bond donors (Lipinski definition) is 1. The molecule has 5 aliphatic carbocycles. The van der Waals surface area contributed by atoms with E-state index in [-0.39, 0.29) is 27.6 Å². The first-order valence-corrected chi connectivity index (χ1v) is 13.7. The van der Waals surface area contributed by atoms with Crippen LogP contribution in [0.1, 0.15) is 106 Å². The van der Waals surface area contributed by atoms with Crippen LogP contribution in [0.3, 0.4) is 0 Å². The Kier molecular flexibility index (Phi) is 4.99. The van der Waals surface area contributed by atoms with Crippen LogP contribution < -0.4 is 0 Å². The number of carboxylic acid groups (broad SMARTS) is 1. The summed E-state index contributed by atoms with van der Waals surface area (Å²) in [6.45, 7) is 18.5. The van der Waals surface area contributed by atoms with Crippen molar-refractivity contribution in [3.63, 3.8) is 0 Å². The molecule has 0 spiro atoms. The maximum atomic E-state index is 12.9. The van der Waals surface area contributed by atoms with Gasteiger partial charge in [-0.25, -0.2) is 0 Å². The number of carbonyl (C=O) groups is 2. The van der Waals surface area contributed by atoms with Gasteiger partial charge < -0.3 is 5.11 Å². The lowest BCUT2D eigenvalue weighted by Crippen LogP contribution is -2.66. The van der Waals surface area contributed by atoms with Gasteiger partial charge in [0.25, 0.3) is 0 Å². The molecule has 0 amide bonds. The van der Waals surface area contributed by atoms with Crippen LogP contribution in [-0.2, 0) is 9.59 Å². The lowest BCUT2D eigenvalue weighted by molar-refractivity contribution is -0.235. The molecule has 5 rings (SSSR count). The second-order valence-corrected chi connectivity index (χ2v) is 14.3. The highest BCUT2D eigenvalue weighted by atomic mass is 16.4. The normalized spacial score (nSPS) is 52.8. The molecule has 0 saturated heterocycles. The number of ketones is 1. The average Bonchev–Trinajstić information content (AvgIpc) is 3.13. The van der Waals surface area contributed by atoms with E-state index in [1.807, 2.05) is 0 Å². The summed E-state index contributed by atoms with van der Waals surface area (Å²) in [5.41, 5.74) is 1.03. The van der Waals surface area contributed by atoms with Crippen LogP contribution in [-0.4, -0.2) is 16.9 Å². The van der Waals surface area contributed by atoms with Crippen LogP contribution in [0.5, 0.6) is 0 Å². The van der Waals surface area contributed by atoms with E-state index in [1.165, 1.54) is 18.4 Å². The first kappa shape index (κ1) is 23.6. The molecule has 9 atom stereocenters. The fraction of sp³-hybridized carbons (Fsp3) is 0.867. The maximum absolute atomic E-state index is 12.9. The van der Waals surface area contributed by atoms with Gasteiger partial charge in [-0.15, -0.1) is 0 Å². The Hall–Kier alpha value is -1.12. The highest BCUT2D eigenvalue weighted by Gasteiger charge is 2.72. The number of aliphatic carboxylic acids is 1. The van der Waals surface area contributed by atoms with Crippen molar-refractivity contribution in [2.75, 3.05) is 0 Å². The molecule has 0 aromatic carbocycles. The molecule has 0 aromatic heterocycles. The fourth-order valence-electron chi connectivity index (χ4n) is 11.3. The number of Topliss-reactive ketones (excluding diaryl/α,β-unsaturated/α-hetero) is 1. The van der Waals surface area contributed by atoms with Crippen LogP contribution in [0.4, 0.5) is 0 Å². The molecule has 5 aliphatic rings. The first-order valence-electron chi connectivity index (χ1n) is 13.7. The summed E-state index contributed by atoms with van der Waals surface area (Å²) >= 11 is 0. The summed E-state index contributed by atoms with van der Waals surface area (Å²) in [5.74, 6) is 2.07. The van der Waals surface area contributed by atoms with Crippen molar-refractivity contribution in [1.82, 2.24) is 0 Å². The number of carbonyl (C=O) groups excluding carboxylic acids is 1. The highest BCUT2D eigenvalue weighted by molar-refractivity contribution is 5.85. The molecule has 33 heavy (non-hydrogen) atoms. The molecule has 0 aliphatic heterocycles. The predicted octanol–water partition coefficient (Wildman–Crippen LogP) is 7.30. The van der Waals surface area contributed by atoms with Gasteiger partial charge >= 0.3 is 5.97 Å². The maximum Gasteiger partial charge on any atom is 0.309 e. The smallest absolute Gasteiger partial charge is 0.309 e. The Morgan fingerprint density at radius 1 is 0.879 bits per heavy atom. The zero-order chi connectivity index (χ0) is 24.2. The monoisotopic (exact) mass is 454 g/mol. The zero-order valence-electron chi connectivity index (χ0n) is 21.9. The number of hydrogen-bond acceptors (Lipinski definition) is 2. The van der Waals surface area contributed by atoms with Crippen LogP contribution in [0.15, 0.2) is 12.2 Å². The number of carboxylic acids is 1. The van der Waals surface area contributed by atoms with Crippen LogP contribution in [0.2, 0.25) is 0 Å². The van der Waals surface area contributed by atoms with E-state index in [1.54, 1.807) is 0 Å². The third kappa shape index (κ3) is 2.69. The minimum atomic E-state index is -0.547. The molecular weight excluding hydrogens is 408 g/mol. The number of allylic oxidation sites excluding steroid dienone is 1. The summed E-state index contributed by atoms with van der Waals surface area (Å²) in [4.78, 5) is 25.7. The molecule has 5 saturated carbocycles. The minimum Gasteiger partial charge on any atom is -0.481 e. The molecule has 0 heterocycles. The van der Waals surface area contributed by atoms with Crippen molar-refractivity contribution in [1.29, 1.82) is 0 Å². The predicted molar refractivity (Wildman–Crippen MR) is 132 cm³/mol. The zero-order valence-corrected chi connectivity index (χ0v) is 21.9. The number of fused-ring (bicyclic) bond motifs is 7. The molecule has 0 aromatic rings. The Morgan fingerprint density at radius 3 is 2.21 bits per heavy atom. The van der Waals surface area contributed by atoms with Gasteiger partial charge in [0.1, 0.15) is 5.78 Å². The molecule has 0 bridgehead atoms. The molecule has 184 valence electrons. The quantitative estimate of drug-likeness (QED) is 0.445. The third-order valence-electron chi connectivity index (χ3n) is 13.2. The average molecular weight is 455 g/mol. The van der Waals surface area contributed by atoms with E-state index in [0.29, 0.717) is 29.5 Å². The van der Waals surface area contributed by atoms with Crippen LogP contribution in [0.25, 0.3) is 0 Å². The molecule has 3 nitrogen and oxygen atoms in total. The minimum absolute atomic E-state index is 0.164. The lowest BCUT2D eigenvalue weighted by atomic mass is 9.32. The lowest BCUT2D eigenvalue weighted by Gasteiger charge is -2.72. The van der Waals surface area contributed by atoms with E-state index in [4.69, 9.17) is 0 Å². The molecule has 1 N–H and O–H groups in total. The first-order chi connectivity index (χ1) is 15.3. The van der Waals surface area contributed by atoms with E-state index in [2.05, 4.69) is 48.1 Å². The summed E-state index contributed by atoms with van der Waals surface area (Å²) in [6, 6.07) is 0. The van der Waals surface area contributed by atoms with Crippen molar-refractivity contribution in [3.8, 4) is 0 Å².